The van der Waals surface area contributed by atoms with Crippen molar-refractivity contribution in [3.05, 3.63) is 34.3 Å². The number of rotatable bonds is 4. The lowest BCUT2D eigenvalue weighted by molar-refractivity contribution is -0.120. The van der Waals surface area contributed by atoms with Gasteiger partial charge < -0.3 is 5.32 Å². The molecule has 0 atom stereocenters. The Kier molecular flexibility index (Phi) is 4.31. The largest absolute Gasteiger partial charge is 0.352 e. The van der Waals surface area contributed by atoms with Gasteiger partial charge >= 0.3 is 0 Å². The first-order valence-corrected chi connectivity index (χ1v) is 5.05. The summed E-state index contributed by atoms with van der Waals surface area (Å²) in [6.45, 7) is 2.18. The number of benzene rings is 1. The third kappa shape index (κ3) is 3.36. The monoisotopic (exact) mass is 225 g/mol. The number of aldehydes is 1. The van der Waals surface area contributed by atoms with E-state index in [2.05, 4.69) is 5.32 Å². The van der Waals surface area contributed by atoms with Crippen molar-refractivity contribution in [3.8, 4) is 0 Å². The molecule has 0 aliphatic carbocycles. The van der Waals surface area contributed by atoms with Crippen molar-refractivity contribution < 1.29 is 9.59 Å². The second kappa shape index (κ2) is 5.51. The maximum atomic E-state index is 11.0. The fourth-order valence-corrected chi connectivity index (χ4v) is 1.35. The average molecular weight is 226 g/mol. The van der Waals surface area contributed by atoms with Crippen LogP contribution in [-0.2, 0) is 11.3 Å². The highest BCUT2D eigenvalue weighted by atomic mass is 35.5. The van der Waals surface area contributed by atoms with E-state index in [0.717, 1.165) is 11.8 Å². The molecule has 0 saturated carbocycles. The Labute approximate surface area is 93.4 Å². The molecule has 1 rings (SSSR count). The minimum atomic E-state index is -0.0227. The van der Waals surface area contributed by atoms with E-state index < -0.39 is 0 Å². The van der Waals surface area contributed by atoms with Gasteiger partial charge in [-0.15, -0.1) is 0 Å². The first kappa shape index (κ1) is 11.7. The highest BCUT2D eigenvalue weighted by molar-refractivity contribution is 6.31. The summed E-state index contributed by atoms with van der Waals surface area (Å²) in [4.78, 5) is 21.5. The van der Waals surface area contributed by atoms with Crippen LogP contribution in [0, 0.1) is 0 Å². The zero-order valence-electron chi connectivity index (χ0n) is 8.42. The average Bonchev–Trinajstić information content (AvgIpc) is 2.26. The molecule has 0 fully saturated rings. The van der Waals surface area contributed by atoms with Crippen molar-refractivity contribution in [2.45, 2.75) is 19.9 Å². The lowest BCUT2D eigenvalue weighted by Gasteiger charge is -2.06. The van der Waals surface area contributed by atoms with Crippen LogP contribution < -0.4 is 5.32 Å². The predicted molar refractivity (Wildman–Crippen MR) is 59.0 cm³/mol. The van der Waals surface area contributed by atoms with Crippen LogP contribution >= 0.6 is 11.6 Å². The Hall–Kier alpha value is -1.35. The van der Waals surface area contributed by atoms with E-state index in [0.29, 0.717) is 23.6 Å². The molecule has 0 heterocycles. The summed E-state index contributed by atoms with van der Waals surface area (Å²) >= 11 is 5.92. The molecule has 3 nitrogen and oxygen atoms in total. The molecule has 0 aromatic heterocycles. The maximum absolute atomic E-state index is 11.0. The highest BCUT2D eigenvalue weighted by Gasteiger charge is 2.03. The van der Waals surface area contributed by atoms with Crippen LogP contribution in [0.3, 0.4) is 0 Å². The SMILES string of the molecule is CCC(=O)NCc1ccc(C=O)cc1Cl. The van der Waals surface area contributed by atoms with Crippen LogP contribution in [0.2, 0.25) is 5.02 Å². The fourth-order valence-electron chi connectivity index (χ4n) is 1.10. The molecule has 15 heavy (non-hydrogen) atoms. The first-order valence-electron chi connectivity index (χ1n) is 4.67. The number of hydrogen-bond acceptors (Lipinski definition) is 2. The summed E-state index contributed by atoms with van der Waals surface area (Å²) < 4.78 is 0. The van der Waals surface area contributed by atoms with Gasteiger partial charge in [-0.1, -0.05) is 30.7 Å². The van der Waals surface area contributed by atoms with E-state index in [1.54, 1.807) is 25.1 Å². The van der Waals surface area contributed by atoms with E-state index in [-0.39, 0.29) is 5.91 Å². The van der Waals surface area contributed by atoms with Crippen LogP contribution in [0.15, 0.2) is 18.2 Å². The van der Waals surface area contributed by atoms with Gasteiger partial charge in [0.2, 0.25) is 5.91 Å². The van der Waals surface area contributed by atoms with Crippen molar-refractivity contribution in [1.29, 1.82) is 0 Å². The number of nitrogens with one attached hydrogen (secondary N) is 1. The molecule has 1 aromatic carbocycles. The number of halogens is 1. The molecule has 1 aromatic rings. The van der Waals surface area contributed by atoms with E-state index >= 15 is 0 Å². The summed E-state index contributed by atoms with van der Waals surface area (Å²) in [5, 5.41) is 3.21. The van der Waals surface area contributed by atoms with Gasteiger partial charge in [0, 0.05) is 23.6 Å². The van der Waals surface area contributed by atoms with Gasteiger partial charge in [-0.25, -0.2) is 0 Å². The zero-order valence-corrected chi connectivity index (χ0v) is 9.17. The van der Waals surface area contributed by atoms with Gasteiger partial charge in [0.15, 0.2) is 0 Å². The summed E-state index contributed by atoms with van der Waals surface area (Å²) in [5.74, 6) is -0.0227. The molecule has 0 spiro atoms. The predicted octanol–water partition coefficient (Wildman–Crippen LogP) is 2.18. The third-order valence-corrected chi connectivity index (χ3v) is 2.36. The number of carbonyl (C=O) groups is 2. The topological polar surface area (TPSA) is 46.2 Å². The summed E-state index contributed by atoms with van der Waals surface area (Å²) in [6.07, 6.45) is 1.18. The first-order chi connectivity index (χ1) is 7.17. The number of hydrogen-bond donors (Lipinski definition) is 1. The summed E-state index contributed by atoms with van der Waals surface area (Å²) in [5.41, 5.74) is 1.34. The van der Waals surface area contributed by atoms with Gasteiger partial charge in [0.05, 0.1) is 0 Å². The van der Waals surface area contributed by atoms with Crippen molar-refractivity contribution in [2.75, 3.05) is 0 Å². The molecule has 1 amide bonds. The van der Waals surface area contributed by atoms with E-state index in [1.165, 1.54) is 0 Å². The molecule has 0 unspecified atom stereocenters. The Morgan fingerprint density at radius 3 is 2.80 bits per heavy atom. The summed E-state index contributed by atoms with van der Waals surface area (Å²) in [6, 6.07) is 5.00. The number of carbonyl (C=O) groups excluding carboxylic acids is 2. The molecule has 0 aliphatic heterocycles. The Morgan fingerprint density at radius 1 is 1.53 bits per heavy atom. The molecule has 0 aliphatic rings. The van der Waals surface area contributed by atoms with Crippen molar-refractivity contribution in [3.63, 3.8) is 0 Å². The maximum Gasteiger partial charge on any atom is 0.219 e. The van der Waals surface area contributed by atoms with Crippen molar-refractivity contribution in [1.82, 2.24) is 5.32 Å². The molecule has 0 radical (unpaired) electrons. The van der Waals surface area contributed by atoms with E-state index in [1.807, 2.05) is 0 Å². The minimum absolute atomic E-state index is 0.0227. The molecule has 0 saturated heterocycles. The zero-order chi connectivity index (χ0) is 11.3. The van der Waals surface area contributed by atoms with Gasteiger partial charge in [-0.3, -0.25) is 9.59 Å². The normalized spacial score (nSPS) is 9.73. The van der Waals surface area contributed by atoms with Crippen molar-refractivity contribution >= 4 is 23.8 Å². The molecule has 1 N–H and O–H groups in total. The van der Waals surface area contributed by atoms with Gasteiger partial charge in [0.25, 0.3) is 0 Å². The second-order valence-electron chi connectivity index (χ2n) is 3.10. The minimum Gasteiger partial charge on any atom is -0.352 e. The van der Waals surface area contributed by atoms with E-state index in [4.69, 9.17) is 11.6 Å². The van der Waals surface area contributed by atoms with Gasteiger partial charge in [-0.2, -0.15) is 0 Å². The lowest BCUT2D eigenvalue weighted by Crippen LogP contribution is -2.21. The third-order valence-electron chi connectivity index (χ3n) is 2.01. The standard InChI is InChI=1S/C11H12ClNO2/c1-2-11(15)13-6-9-4-3-8(7-14)5-10(9)12/h3-5,7H,2,6H2,1H3,(H,13,15). The highest BCUT2D eigenvalue weighted by Crippen LogP contribution is 2.16. The Morgan fingerprint density at radius 2 is 2.27 bits per heavy atom. The molecular weight excluding hydrogens is 214 g/mol. The van der Waals surface area contributed by atoms with Crippen LogP contribution in [-0.4, -0.2) is 12.2 Å². The lowest BCUT2D eigenvalue weighted by atomic mass is 10.1. The van der Waals surface area contributed by atoms with Crippen LogP contribution in [0.5, 0.6) is 0 Å². The van der Waals surface area contributed by atoms with Crippen LogP contribution in [0.1, 0.15) is 29.3 Å². The molecule has 80 valence electrons. The molecule has 4 heteroatoms. The molecule has 0 bridgehead atoms. The summed E-state index contributed by atoms with van der Waals surface area (Å²) in [7, 11) is 0. The quantitative estimate of drug-likeness (QED) is 0.799. The fraction of sp³-hybridized carbons (Fsp3) is 0.273. The van der Waals surface area contributed by atoms with Gasteiger partial charge in [-0.05, 0) is 11.6 Å². The van der Waals surface area contributed by atoms with Gasteiger partial charge in [0.1, 0.15) is 6.29 Å². The van der Waals surface area contributed by atoms with Crippen LogP contribution in [0.25, 0.3) is 0 Å². The molecular formula is C11H12ClNO2. The van der Waals surface area contributed by atoms with Crippen LogP contribution in [0.4, 0.5) is 0 Å². The Balaban J connectivity index is 2.70. The number of amides is 1. The Bertz CT molecular complexity index is 377. The smallest absolute Gasteiger partial charge is 0.219 e. The van der Waals surface area contributed by atoms with E-state index in [9.17, 15) is 9.59 Å². The second-order valence-corrected chi connectivity index (χ2v) is 3.51. The van der Waals surface area contributed by atoms with Crippen molar-refractivity contribution in [2.24, 2.45) is 0 Å².